The van der Waals surface area contributed by atoms with Crippen LogP contribution in [-0.4, -0.2) is 5.33 Å². The maximum atomic E-state index is 13.4. The Morgan fingerprint density at radius 1 is 1.20 bits per heavy atom. The zero-order valence-corrected chi connectivity index (χ0v) is 9.99. The van der Waals surface area contributed by atoms with E-state index in [2.05, 4.69) is 15.9 Å². The maximum absolute atomic E-state index is 13.4. The van der Waals surface area contributed by atoms with Gasteiger partial charge in [0.1, 0.15) is 11.6 Å². The van der Waals surface area contributed by atoms with Gasteiger partial charge in [-0.3, -0.25) is 0 Å². The first-order chi connectivity index (χ1) is 7.17. The highest BCUT2D eigenvalue weighted by Crippen LogP contribution is 2.45. The summed E-state index contributed by atoms with van der Waals surface area (Å²) in [5.41, 5.74) is 0.333. The SMILES string of the molecule is Fc1cccc(F)c1CC1(CBr)CCC1. The first kappa shape index (κ1) is 11.1. The average molecular weight is 275 g/mol. The van der Waals surface area contributed by atoms with Gasteiger partial charge in [0.2, 0.25) is 0 Å². The molecule has 0 unspecified atom stereocenters. The molecule has 0 spiro atoms. The molecule has 1 aromatic carbocycles. The lowest BCUT2D eigenvalue weighted by atomic mass is 9.67. The smallest absolute Gasteiger partial charge is 0.129 e. The molecule has 1 fully saturated rings. The van der Waals surface area contributed by atoms with E-state index < -0.39 is 11.6 Å². The molecule has 1 saturated carbocycles. The molecular weight excluding hydrogens is 262 g/mol. The van der Waals surface area contributed by atoms with Crippen LogP contribution in [0.1, 0.15) is 24.8 Å². The zero-order valence-electron chi connectivity index (χ0n) is 8.40. The van der Waals surface area contributed by atoms with Crippen LogP contribution in [0.4, 0.5) is 8.78 Å². The van der Waals surface area contributed by atoms with Gasteiger partial charge >= 0.3 is 0 Å². The molecule has 0 heterocycles. The van der Waals surface area contributed by atoms with Gasteiger partial charge in [0.15, 0.2) is 0 Å². The molecule has 1 aromatic rings. The lowest BCUT2D eigenvalue weighted by molar-refractivity contribution is 0.166. The van der Waals surface area contributed by atoms with Crippen LogP contribution < -0.4 is 0 Å². The van der Waals surface area contributed by atoms with Gasteiger partial charge in [0.25, 0.3) is 0 Å². The fraction of sp³-hybridized carbons (Fsp3) is 0.500. The van der Waals surface area contributed by atoms with Crippen molar-refractivity contribution in [3.05, 3.63) is 35.4 Å². The maximum Gasteiger partial charge on any atom is 0.129 e. The Kier molecular flexibility index (Phi) is 3.10. The fourth-order valence-corrected chi connectivity index (χ4v) is 2.87. The van der Waals surface area contributed by atoms with Crippen molar-refractivity contribution in [1.29, 1.82) is 0 Å². The summed E-state index contributed by atoms with van der Waals surface area (Å²) in [6.45, 7) is 0. The minimum Gasteiger partial charge on any atom is -0.207 e. The van der Waals surface area contributed by atoms with Crippen LogP contribution in [0.5, 0.6) is 0 Å². The second kappa shape index (κ2) is 4.20. The van der Waals surface area contributed by atoms with Gasteiger partial charge in [-0.05, 0) is 36.8 Å². The van der Waals surface area contributed by atoms with Crippen molar-refractivity contribution in [1.82, 2.24) is 0 Å². The van der Waals surface area contributed by atoms with Crippen LogP contribution >= 0.6 is 15.9 Å². The van der Waals surface area contributed by atoms with Crippen molar-refractivity contribution < 1.29 is 8.78 Å². The summed E-state index contributed by atoms with van der Waals surface area (Å²) >= 11 is 3.45. The third-order valence-electron chi connectivity index (χ3n) is 3.31. The van der Waals surface area contributed by atoms with Crippen LogP contribution in [0, 0.1) is 17.0 Å². The second-order valence-electron chi connectivity index (χ2n) is 4.36. The summed E-state index contributed by atoms with van der Waals surface area (Å²) < 4.78 is 26.8. The monoisotopic (exact) mass is 274 g/mol. The Balaban J connectivity index is 2.23. The van der Waals surface area contributed by atoms with E-state index in [1.807, 2.05) is 0 Å². The molecule has 2 rings (SSSR count). The molecule has 82 valence electrons. The predicted molar refractivity (Wildman–Crippen MR) is 60.1 cm³/mol. The van der Waals surface area contributed by atoms with Crippen molar-refractivity contribution >= 4 is 15.9 Å². The highest BCUT2D eigenvalue weighted by Gasteiger charge is 2.37. The lowest BCUT2D eigenvalue weighted by Gasteiger charge is -2.40. The third kappa shape index (κ3) is 2.07. The molecule has 1 aliphatic carbocycles. The molecule has 0 aromatic heterocycles. The third-order valence-corrected chi connectivity index (χ3v) is 4.50. The van der Waals surface area contributed by atoms with Gasteiger partial charge in [-0.1, -0.05) is 28.4 Å². The van der Waals surface area contributed by atoms with Crippen LogP contribution in [0.2, 0.25) is 0 Å². The van der Waals surface area contributed by atoms with E-state index in [0.717, 1.165) is 18.2 Å². The Morgan fingerprint density at radius 2 is 1.80 bits per heavy atom. The molecule has 1 aliphatic rings. The largest absolute Gasteiger partial charge is 0.207 e. The molecule has 3 heteroatoms. The van der Waals surface area contributed by atoms with Crippen molar-refractivity contribution in [3.63, 3.8) is 0 Å². The molecule has 15 heavy (non-hydrogen) atoms. The van der Waals surface area contributed by atoms with E-state index >= 15 is 0 Å². The standard InChI is InChI=1S/C12H13BrF2/c13-8-12(5-2-6-12)7-9-10(14)3-1-4-11(9)15/h1,3-4H,2,5-8H2. The Morgan fingerprint density at radius 3 is 2.20 bits per heavy atom. The van der Waals surface area contributed by atoms with Gasteiger partial charge in [0, 0.05) is 10.9 Å². The fourth-order valence-electron chi connectivity index (χ4n) is 2.11. The Labute approximate surface area is 96.8 Å². The zero-order chi connectivity index (χ0) is 10.9. The van der Waals surface area contributed by atoms with E-state index in [4.69, 9.17) is 0 Å². The van der Waals surface area contributed by atoms with Crippen LogP contribution in [-0.2, 0) is 6.42 Å². The minimum absolute atomic E-state index is 0.0863. The Bertz CT molecular complexity index is 333. The summed E-state index contributed by atoms with van der Waals surface area (Å²) in [5.74, 6) is -0.829. The number of hydrogen-bond acceptors (Lipinski definition) is 0. The van der Waals surface area contributed by atoms with Crippen LogP contribution in [0.15, 0.2) is 18.2 Å². The number of halogens is 3. The minimum atomic E-state index is -0.415. The van der Waals surface area contributed by atoms with Gasteiger partial charge in [0.05, 0.1) is 0 Å². The molecule has 0 nitrogen and oxygen atoms in total. The Hall–Kier alpha value is -0.440. The van der Waals surface area contributed by atoms with Gasteiger partial charge in [-0.2, -0.15) is 0 Å². The number of hydrogen-bond donors (Lipinski definition) is 0. The average Bonchev–Trinajstić information content (AvgIpc) is 2.15. The molecule has 0 amide bonds. The molecule has 0 atom stereocenters. The first-order valence-corrected chi connectivity index (χ1v) is 6.28. The van der Waals surface area contributed by atoms with Crippen LogP contribution in [0.3, 0.4) is 0 Å². The van der Waals surface area contributed by atoms with E-state index in [-0.39, 0.29) is 11.0 Å². The first-order valence-electron chi connectivity index (χ1n) is 5.16. The molecule has 0 saturated heterocycles. The predicted octanol–water partition coefficient (Wildman–Crippen LogP) is 4.07. The van der Waals surface area contributed by atoms with Crippen LogP contribution in [0.25, 0.3) is 0 Å². The second-order valence-corrected chi connectivity index (χ2v) is 4.92. The summed E-state index contributed by atoms with van der Waals surface area (Å²) in [5, 5.41) is 0.827. The van der Waals surface area contributed by atoms with Crippen molar-refractivity contribution in [2.75, 3.05) is 5.33 Å². The lowest BCUT2D eigenvalue weighted by Crippen LogP contribution is -2.34. The van der Waals surface area contributed by atoms with E-state index in [0.29, 0.717) is 6.42 Å². The topological polar surface area (TPSA) is 0 Å². The summed E-state index contributed by atoms with van der Waals surface area (Å²) in [7, 11) is 0. The summed E-state index contributed by atoms with van der Waals surface area (Å²) in [6.07, 6.45) is 3.80. The summed E-state index contributed by atoms with van der Waals surface area (Å²) in [4.78, 5) is 0. The highest BCUT2D eigenvalue weighted by atomic mass is 79.9. The summed E-state index contributed by atoms with van der Waals surface area (Å²) in [6, 6.07) is 4.08. The highest BCUT2D eigenvalue weighted by molar-refractivity contribution is 9.09. The molecular formula is C12H13BrF2. The number of rotatable bonds is 3. The van der Waals surface area contributed by atoms with E-state index in [1.165, 1.54) is 24.6 Å². The van der Waals surface area contributed by atoms with E-state index in [1.54, 1.807) is 0 Å². The van der Waals surface area contributed by atoms with Crippen molar-refractivity contribution in [2.45, 2.75) is 25.7 Å². The normalized spacial score (nSPS) is 18.6. The molecule has 0 aliphatic heterocycles. The number of alkyl halides is 1. The van der Waals surface area contributed by atoms with Gasteiger partial charge in [-0.15, -0.1) is 0 Å². The van der Waals surface area contributed by atoms with Crippen molar-refractivity contribution in [2.24, 2.45) is 5.41 Å². The molecule has 0 N–H and O–H groups in total. The molecule has 0 radical (unpaired) electrons. The van der Waals surface area contributed by atoms with Crippen molar-refractivity contribution in [3.8, 4) is 0 Å². The van der Waals surface area contributed by atoms with Gasteiger partial charge in [-0.25, -0.2) is 8.78 Å². The quantitative estimate of drug-likeness (QED) is 0.729. The van der Waals surface area contributed by atoms with Gasteiger partial charge < -0.3 is 0 Å². The molecule has 0 bridgehead atoms. The number of benzene rings is 1. The van der Waals surface area contributed by atoms with E-state index in [9.17, 15) is 8.78 Å².